The lowest BCUT2D eigenvalue weighted by Crippen LogP contribution is -2.25. The minimum absolute atomic E-state index is 0.284. The summed E-state index contributed by atoms with van der Waals surface area (Å²) in [5.41, 5.74) is 1.36. The Morgan fingerprint density at radius 3 is 2.72 bits per heavy atom. The van der Waals surface area contributed by atoms with Crippen LogP contribution in [0.4, 0.5) is 10.1 Å². The normalized spacial score (nSPS) is 19.1. The van der Waals surface area contributed by atoms with E-state index in [1.54, 1.807) is 12.1 Å². The van der Waals surface area contributed by atoms with Gasteiger partial charge >= 0.3 is 0 Å². The van der Waals surface area contributed by atoms with Crippen molar-refractivity contribution >= 4 is 5.69 Å². The number of benzene rings is 1. The summed E-state index contributed by atoms with van der Waals surface area (Å²) in [6.07, 6.45) is 3.35. The van der Waals surface area contributed by atoms with Gasteiger partial charge in [-0.15, -0.1) is 0 Å². The van der Waals surface area contributed by atoms with Gasteiger partial charge in [0, 0.05) is 13.1 Å². The maximum atomic E-state index is 14.0. The van der Waals surface area contributed by atoms with Crippen LogP contribution in [-0.2, 0) is 0 Å². The maximum Gasteiger partial charge on any atom is 0.147 e. The van der Waals surface area contributed by atoms with Gasteiger partial charge in [0.1, 0.15) is 5.82 Å². The van der Waals surface area contributed by atoms with Crippen molar-refractivity contribution < 1.29 is 4.39 Å². The molecule has 1 aliphatic rings. The van der Waals surface area contributed by atoms with Gasteiger partial charge in [0.25, 0.3) is 0 Å². The molecule has 1 saturated heterocycles. The first kappa shape index (κ1) is 12.9. The number of anilines is 1. The third kappa shape index (κ3) is 2.81. The maximum absolute atomic E-state index is 14.0. The highest BCUT2D eigenvalue weighted by Crippen LogP contribution is 2.32. The van der Waals surface area contributed by atoms with Crippen LogP contribution in [0.15, 0.2) is 18.2 Å². The predicted octanol–water partition coefficient (Wildman–Crippen LogP) is 3.71. The fourth-order valence-electron chi connectivity index (χ4n) is 2.50. The van der Waals surface area contributed by atoms with Gasteiger partial charge < -0.3 is 4.90 Å². The standard InChI is InChI=1S/C15H19FN2/c1-15(2)6-3-8-18(9-7-15)14-5-4-12(11-17)10-13(14)16/h4-5,10H,3,6-9H2,1-2H3. The molecule has 3 heteroatoms. The zero-order chi connectivity index (χ0) is 13.2. The van der Waals surface area contributed by atoms with Crippen LogP contribution in [0.3, 0.4) is 0 Å². The highest BCUT2D eigenvalue weighted by atomic mass is 19.1. The van der Waals surface area contributed by atoms with Crippen molar-refractivity contribution in [3.63, 3.8) is 0 Å². The second-order valence-electron chi connectivity index (χ2n) is 5.78. The van der Waals surface area contributed by atoms with Gasteiger partial charge in [-0.05, 0) is 42.9 Å². The lowest BCUT2D eigenvalue weighted by Gasteiger charge is -2.25. The van der Waals surface area contributed by atoms with E-state index in [-0.39, 0.29) is 5.82 Å². The highest BCUT2D eigenvalue weighted by molar-refractivity contribution is 5.51. The molecule has 0 aliphatic carbocycles. The van der Waals surface area contributed by atoms with Crippen LogP contribution >= 0.6 is 0 Å². The van der Waals surface area contributed by atoms with Crippen LogP contribution in [0, 0.1) is 22.6 Å². The average molecular weight is 246 g/mol. The second-order valence-corrected chi connectivity index (χ2v) is 5.78. The summed E-state index contributed by atoms with van der Waals surface area (Å²) in [6.45, 7) is 6.32. The molecule has 18 heavy (non-hydrogen) atoms. The Morgan fingerprint density at radius 1 is 1.28 bits per heavy atom. The van der Waals surface area contributed by atoms with Crippen molar-refractivity contribution in [3.05, 3.63) is 29.6 Å². The highest BCUT2D eigenvalue weighted by Gasteiger charge is 2.24. The Labute approximate surface area is 108 Å². The quantitative estimate of drug-likeness (QED) is 0.755. The van der Waals surface area contributed by atoms with E-state index in [9.17, 15) is 4.39 Å². The third-order valence-electron chi connectivity index (χ3n) is 3.76. The summed E-state index contributed by atoms with van der Waals surface area (Å²) in [4.78, 5) is 2.10. The van der Waals surface area contributed by atoms with Gasteiger partial charge in [0.05, 0.1) is 17.3 Å². The zero-order valence-electron chi connectivity index (χ0n) is 11.0. The Morgan fingerprint density at radius 2 is 2.06 bits per heavy atom. The Balaban J connectivity index is 2.19. The summed E-state index contributed by atoms with van der Waals surface area (Å²) in [7, 11) is 0. The summed E-state index contributed by atoms with van der Waals surface area (Å²) >= 11 is 0. The molecule has 0 saturated carbocycles. The lowest BCUT2D eigenvalue weighted by atomic mass is 9.85. The summed E-state index contributed by atoms with van der Waals surface area (Å²) in [5, 5.41) is 8.75. The first-order valence-corrected chi connectivity index (χ1v) is 6.46. The molecule has 1 heterocycles. The van der Waals surface area contributed by atoms with Gasteiger partial charge in [0.15, 0.2) is 0 Å². The molecule has 2 rings (SSSR count). The predicted molar refractivity (Wildman–Crippen MR) is 71.0 cm³/mol. The van der Waals surface area contributed by atoms with E-state index in [4.69, 9.17) is 5.26 Å². The lowest BCUT2D eigenvalue weighted by molar-refractivity contribution is 0.325. The number of rotatable bonds is 1. The summed E-state index contributed by atoms with van der Waals surface area (Å²) in [6, 6.07) is 6.71. The van der Waals surface area contributed by atoms with Crippen molar-refractivity contribution in [2.24, 2.45) is 5.41 Å². The first-order chi connectivity index (χ1) is 8.52. The molecule has 0 N–H and O–H groups in total. The van der Waals surface area contributed by atoms with Gasteiger partial charge in [-0.3, -0.25) is 0 Å². The Kier molecular flexibility index (Phi) is 3.56. The molecule has 0 unspecified atom stereocenters. The van der Waals surface area contributed by atoms with Crippen LogP contribution in [0.5, 0.6) is 0 Å². The van der Waals surface area contributed by atoms with Gasteiger partial charge in [-0.2, -0.15) is 5.26 Å². The topological polar surface area (TPSA) is 27.0 Å². The number of halogens is 1. The first-order valence-electron chi connectivity index (χ1n) is 6.46. The van der Waals surface area contributed by atoms with Crippen molar-refractivity contribution in [1.29, 1.82) is 5.26 Å². The molecule has 0 aromatic heterocycles. The van der Waals surface area contributed by atoms with E-state index in [2.05, 4.69) is 18.7 Å². The number of nitriles is 1. The molecule has 0 spiro atoms. The average Bonchev–Trinajstić information content (AvgIpc) is 2.50. The monoisotopic (exact) mass is 246 g/mol. The molecule has 1 aromatic carbocycles. The molecule has 1 fully saturated rings. The van der Waals surface area contributed by atoms with E-state index in [1.807, 2.05) is 6.07 Å². The number of hydrogen-bond donors (Lipinski definition) is 0. The molecular weight excluding hydrogens is 227 g/mol. The van der Waals surface area contributed by atoms with Crippen LogP contribution in [0.25, 0.3) is 0 Å². The van der Waals surface area contributed by atoms with Crippen LogP contribution in [-0.4, -0.2) is 13.1 Å². The van der Waals surface area contributed by atoms with E-state index < -0.39 is 0 Å². The zero-order valence-corrected chi connectivity index (χ0v) is 11.0. The fourth-order valence-corrected chi connectivity index (χ4v) is 2.50. The molecular formula is C15H19FN2. The van der Waals surface area contributed by atoms with E-state index >= 15 is 0 Å². The molecule has 0 radical (unpaired) electrons. The fraction of sp³-hybridized carbons (Fsp3) is 0.533. The molecule has 1 aliphatic heterocycles. The van der Waals surface area contributed by atoms with E-state index in [0.29, 0.717) is 16.7 Å². The Hall–Kier alpha value is -1.56. The van der Waals surface area contributed by atoms with E-state index in [1.165, 1.54) is 12.5 Å². The van der Waals surface area contributed by atoms with Gasteiger partial charge in [-0.1, -0.05) is 13.8 Å². The van der Waals surface area contributed by atoms with E-state index in [0.717, 1.165) is 25.9 Å². The van der Waals surface area contributed by atoms with Crippen LogP contribution in [0.1, 0.15) is 38.7 Å². The third-order valence-corrected chi connectivity index (χ3v) is 3.76. The Bertz CT molecular complexity index is 474. The van der Waals surface area contributed by atoms with Crippen molar-refractivity contribution in [2.75, 3.05) is 18.0 Å². The molecule has 96 valence electrons. The van der Waals surface area contributed by atoms with Gasteiger partial charge in [0.2, 0.25) is 0 Å². The second kappa shape index (κ2) is 4.97. The molecule has 0 bridgehead atoms. The van der Waals surface area contributed by atoms with Gasteiger partial charge in [-0.25, -0.2) is 4.39 Å². The largest absolute Gasteiger partial charge is 0.369 e. The molecule has 1 aromatic rings. The van der Waals surface area contributed by atoms with Crippen LogP contribution in [0.2, 0.25) is 0 Å². The smallest absolute Gasteiger partial charge is 0.147 e. The summed E-state index contributed by atoms with van der Waals surface area (Å²) in [5.74, 6) is -0.284. The molecule has 2 nitrogen and oxygen atoms in total. The number of nitrogens with zero attached hydrogens (tertiary/aromatic N) is 2. The minimum Gasteiger partial charge on any atom is -0.369 e. The summed E-state index contributed by atoms with van der Waals surface area (Å²) < 4.78 is 14.0. The number of hydrogen-bond acceptors (Lipinski definition) is 2. The van der Waals surface area contributed by atoms with Crippen molar-refractivity contribution in [2.45, 2.75) is 33.1 Å². The molecule has 0 atom stereocenters. The van der Waals surface area contributed by atoms with Crippen molar-refractivity contribution in [1.82, 2.24) is 0 Å². The minimum atomic E-state index is -0.284. The SMILES string of the molecule is CC1(C)CCCN(c2ccc(C#N)cc2F)CC1. The molecule has 0 amide bonds. The van der Waals surface area contributed by atoms with Crippen molar-refractivity contribution in [3.8, 4) is 6.07 Å². The van der Waals surface area contributed by atoms with Crippen LogP contribution < -0.4 is 4.90 Å².